The number of aliphatic carboxylic acids is 1. The quantitative estimate of drug-likeness (QED) is 0.644. The van der Waals surface area contributed by atoms with E-state index in [4.69, 9.17) is 27.9 Å². The van der Waals surface area contributed by atoms with Gasteiger partial charge in [-0.1, -0.05) is 47.5 Å². The number of carboxylic acids is 1. The first-order valence-corrected chi connectivity index (χ1v) is 9.65. The van der Waals surface area contributed by atoms with Crippen molar-refractivity contribution in [3.8, 4) is 11.6 Å². The Hall–Kier alpha value is -2.90. The van der Waals surface area contributed by atoms with Gasteiger partial charge in [-0.15, -0.1) is 0 Å². The highest BCUT2D eigenvalue weighted by Crippen LogP contribution is 2.34. The van der Waals surface area contributed by atoms with Crippen molar-refractivity contribution in [1.82, 2.24) is 10.3 Å². The Labute approximate surface area is 182 Å². The lowest BCUT2D eigenvalue weighted by atomic mass is 9.75. The molecule has 0 radical (unpaired) electrons. The minimum Gasteiger partial charge on any atom is -0.481 e. The van der Waals surface area contributed by atoms with Gasteiger partial charge in [0.25, 0.3) is 5.91 Å². The number of nitrogens with zero attached hydrogens (tertiary/aromatic N) is 1. The van der Waals surface area contributed by atoms with Gasteiger partial charge in [0.2, 0.25) is 5.88 Å². The number of benzene rings is 1. The zero-order valence-corrected chi connectivity index (χ0v) is 17.2. The Morgan fingerprint density at radius 1 is 1.30 bits per heavy atom. The van der Waals surface area contributed by atoms with Crippen molar-refractivity contribution in [3.05, 3.63) is 76.2 Å². The van der Waals surface area contributed by atoms with E-state index >= 15 is 0 Å². The number of rotatable bonds is 6. The molecule has 1 aromatic carbocycles. The predicted molar refractivity (Wildman–Crippen MR) is 111 cm³/mol. The minimum atomic E-state index is -1.29. The third-order valence-electron chi connectivity index (χ3n) is 4.78. The highest BCUT2D eigenvalue weighted by molar-refractivity contribution is 6.32. The number of ether oxygens (including phenoxy) is 1. The third-order valence-corrected chi connectivity index (χ3v) is 5.28. The third kappa shape index (κ3) is 4.47. The van der Waals surface area contributed by atoms with Crippen molar-refractivity contribution in [2.75, 3.05) is 0 Å². The standard InChI is InChI=1S/C21H17Cl2FN2O4/c1-12(21(20(28)29)7-3-2-4-8-21)26-18(27)15-9-13(22)11-25-19(15)30-17-6-5-14(24)10-16(17)23/h2-7,9-12H,8H2,1H3,(H,26,27)(H,28,29). The fourth-order valence-corrected chi connectivity index (χ4v) is 3.40. The molecule has 1 aliphatic carbocycles. The number of pyridine rings is 1. The second kappa shape index (κ2) is 8.85. The molecule has 2 atom stereocenters. The summed E-state index contributed by atoms with van der Waals surface area (Å²) in [7, 11) is 0. The first-order valence-electron chi connectivity index (χ1n) is 8.90. The number of allylic oxidation sites excluding steroid dienone is 3. The Bertz CT molecular complexity index is 1060. The van der Waals surface area contributed by atoms with Crippen molar-refractivity contribution < 1.29 is 23.8 Å². The van der Waals surface area contributed by atoms with E-state index in [1.165, 1.54) is 18.3 Å². The normalized spacial score (nSPS) is 18.7. The Kier molecular flexibility index (Phi) is 6.43. The van der Waals surface area contributed by atoms with Crippen LogP contribution in [-0.2, 0) is 4.79 Å². The molecule has 9 heteroatoms. The first-order chi connectivity index (χ1) is 14.2. The molecule has 3 rings (SSSR count). The predicted octanol–water partition coefficient (Wildman–Crippen LogP) is 5.03. The van der Waals surface area contributed by atoms with Crippen molar-refractivity contribution in [2.45, 2.75) is 19.4 Å². The summed E-state index contributed by atoms with van der Waals surface area (Å²) in [5.74, 6) is -2.25. The van der Waals surface area contributed by atoms with Crippen LogP contribution in [0.2, 0.25) is 10.0 Å². The maximum Gasteiger partial charge on any atom is 0.315 e. The average molecular weight is 451 g/mol. The van der Waals surface area contributed by atoms with Crippen LogP contribution in [0, 0.1) is 11.2 Å². The Balaban J connectivity index is 1.88. The molecule has 1 aliphatic rings. The van der Waals surface area contributed by atoms with Crippen LogP contribution in [-0.4, -0.2) is 28.0 Å². The molecular weight excluding hydrogens is 434 g/mol. The molecule has 30 heavy (non-hydrogen) atoms. The van der Waals surface area contributed by atoms with E-state index < -0.39 is 29.2 Å². The Morgan fingerprint density at radius 3 is 2.70 bits per heavy atom. The minimum absolute atomic E-state index is 0.00423. The summed E-state index contributed by atoms with van der Waals surface area (Å²) in [5, 5.41) is 12.6. The van der Waals surface area contributed by atoms with Gasteiger partial charge in [-0.05, 0) is 37.6 Å². The summed E-state index contributed by atoms with van der Waals surface area (Å²) in [6, 6.07) is 4.10. The van der Waals surface area contributed by atoms with Gasteiger partial charge >= 0.3 is 5.97 Å². The van der Waals surface area contributed by atoms with Crippen LogP contribution < -0.4 is 10.1 Å². The van der Waals surface area contributed by atoms with E-state index in [1.54, 1.807) is 31.2 Å². The van der Waals surface area contributed by atoms with Crippen molar-refractivity contribution >= 4 is 35.1 Å². The number of halogens is 3. The number of aromatic nitrogens is 1. The van der Waals surface area contributed by atoms with E-state index in [0.29, 0.717) is 0 Å². The fourth-order valence-electron chi connectivity index (χ4n) is 3.04. The monoisotopic (exact) mass is 450 g/mol. The van der Waals surface area contributed by atoms with Gasteiger partial charge in [-0.2, -0.15) is 0 Å². The molecular formula is C21H17Cl2FN2O4. The van der Waals surface area contributed by atoms with Gasteiger partial charge in [-0.25, -0.2) is 9.37 Å². The summed E-state index contributed by atoms with van der Waals surface area (Å²) < 4.78 is 18.9. The SMILES string of the molecule is CC(NC(=O)c1cc(Cl)cnc1Oc1ccc(F)cc1Cl)C1(C(=O)O)C=CC=CC1. The molecule has 2 N–H and O–H groups in total. The summed E-state index contributed by atoms with van der Waals surface area (Å²) in [6.45, 7) is 1.60. The van der Waals surface area contributed by atoms with Gasteiger partial charge < -0.3 is 15.2 Å². The number of carboxylic acid groups (broad SMARTS) is 1. The number of carbonyl (C=O) groups excluding carboxylic acids is 1. The molecule has 2 unspecified atom stereocenters. The van der Waals surface area contributed by atoms with E-state index in [1.807, 2.05) is 0 Å². The van der Waals surface area contributed by atoms with Crippen molar-refractivity contribution in [2.24, 2.45) is 5.41 Å². The zero-order valence-electron chi connectivity index (χ0n) is 15.7. The number of amides is 1. The number of carbonyl (C=O) groups is 2. The van der Waals surface area contributed by atoms with Gasteiger partial charge in [0.05, 0.1) is 10.0 Å². The van der Waals surface area contributed by atoms with Crippen LogP contribution in [0.25, 0.3) is 0 Å². The molecule has 1 amide bonds. The van der Waals surface area contributed by atoms with Gasteiger partial charge in [0.1, 0.15) is 22.5 Å². The lowest BCUT2D eigenvalue weighted by Gasteiger charge is -2.33. The highest BCUT2D eigenvalue weighted by atomic mass is 35.5. The van der Waals surface area contributed by atoms with Crippen LogP contribution >= 0.6 is 23.2 Å². The fraction of sp³-hybridized carbons (Fsp3) is 0.190. The molecule has 1 heterocycles. The average Bonchev–Trinajstić information content (AvgIpc) is 2.71. The Morgan fingerprint density at radius 2 is 2.07 bits per heavy atom. The molecule has 0 spiro atoms. The lowest BCUT2D eigenvalue weighted by Crippen LogP contribution is -2.49. The van der Waals surface area contributed by atoms with Crippen LogP contribution in [0.5, 0.6) is 11.6 Å². The summed E-state index contributed by atoms with van der Waals surface area (Å²) in [6.07, 6.45) is 8.15. The van der Waals surface area contributed by atoms with Crippen LogP contribution in [0.3, 0.4) is 0 Å². The number of nitrogens with one attached hydrogen (secondary N) is 1. The number of hydrogen-bond donors (Lipinski definition) is 2. The van der Waals surface area contributed by atoms with Gasteiger partial charge in [0.15, 0.2) is 0 Å². The van der Waals surface area contributed by atoms with E-state index in [2.05, 4.69) is 10.3 Å². The van der Waals surface area contributed by atoms with Crippen molar-refractivity contribution in [3.63, 3.8) is 0 Å². The molecule has 2 aromatic rings. The molecule has 0 saturated heterocycles. The summed E-state index contributed by atoms with van der Waals surface area (Å²) in [4.78, 5) is 28.9. The highest BCUT2D eigenvalue weighted by Gasteiger charge is 2.42. The molecule has 0 fully saturated rings. The van der Waals surface area contributed by atoms with E-state index in [9.17, 15) is 19.1 Å². The topological polar surface area (TPSA) is 88.5 Å². The lowest BCUT2D eigenvalue weighted by molar-refractivity contribution is -0.147. The number of hydrogen-bond acceptors (Lipinski definition) is 4. The second-order valence-corrected chi connectivity index (χ2v) is 7.56. The van der Waals surface area contributed by atoms with E-state index in [0.717, 1.165) is 12.1 Å². The second-order valence-electron chi connectivity index (χ2n) is 6.72. The maximum atomic E-state index is 13.3. The first kappa shape index (κ1) is 21.8. The molecule has 6 nitrogen and oxygen atoms in total. The van der Waals surface area contributed by atoms with Crippen LogP contribution in [0.4, 0.5) is 4.39 Å². The summed E-state index contributed by atoms with van der Waals surface area (Å²) in [5.41, 5.74) is -1.32. The molecule has 0 bridgehead atoms. The van der Waals surface area contributed by atoms with Crippen LogP contribution in [0.15, 0.2) is 54.8 Å². The van der Waals surface area contributed by atoms with Crippen molar-refractivity contribution in [1.29, 1.82) is 0 Å². The van der Waals surface area contributed by atoms with Gasteiger partial charge in [0, 0.05) is 12.2 Å². The van der Waals surface area contributed by atoms with E-state index in [-0.39, 0.29) is 33.7 Å². The smallest absolute Gasteiger partial charge is 0.315 e. The van der Waals surface area contributed by atoms with Gasteiger partial charge in [-0.3, -0.25) is 9.59 Å². The molecule has 156 valence electrons. The maximum absolute atomic E-state index is 13.3. The zero-order chi connectivity index (χ0) is 21.9. The largest absolute Gasteiger partial charge is 0.481 e. The molecule has 0 aliphatic heterocycles. The molecule has 0 saturated carbocycles. The van der Waals surface area contributed by atoms with Crippen LogP contribution in [0.1, 0.15) is 23.7 Å². The summed E-state index contributed by atoms with van der Waals surface area (Å²) >= 11 is 12.0. The molecule has 1 aromatic heterocycles.